The fourth-order valence-corrected chi connectivity index (χ4v) is 1.53. The lowest BCUT2D eigenvalue weighted by Crippen LogP contribution is -2.05. The van der Waals surface area contributed by atoms with Gasteiger partial charge in [-0.25, -0.2) is 22.0 Å². The monoisotopic (exact) mass is 273 g/mol. The van der Waals surface area contributed by atoms with Gasteiger partial charge in [0.25, 0.3) is 0 Å². The Morgan fingerprint density at radius 2 is 1.42 bits per heavy atom. The molecule has 2 aromatic carbocycles. The van der Waals surface area contributed by atoms with Crippen LogP contribution in [-0.4, -0.2) is 0 Å². The highest BCUT2D eigenvalue weighted by Crippen LogP contribution is 2.20. The van der Waals surface area contributed by atoms with Crippen LogP contribution < -0.4 is 5.32 Å². The lowest BCUT2D eigenvalue weighted by Gasteiger charge is -2.09. The van der Waals surface area contributed by atoms with Gasteiger partial charge in [0.15, 0.2) is 11.6 Å². The van der Waals surface area contributed by atoms with Gasteiger partial charge in [0.05, 0.1) is 5.69 Å². The van der Waals surface area contributed by atoms with Gasteiger partial charge in [-0.15, -0.1) is 0 Å². The van der Waals surface area contributed by atoms with Crippen molar-refractivity contribution < 1.29 is 22.0 Å². The summed E-state index contributed by atoms with van der Waals surface area (Å²) in [5.41, 5.74) is -0.383. The van der Waals surface area contributed by atoms with Crippen LogP contribution in [0.25, 0.3) is 0 Å². The van der Waals surface area contributed by atoms with Crippen LogP contribution in [0, 0.1) is 29.1 Å². The first-order valence-corrected chi connectivity index (χ1v) is 5.29. The number of benzene rings is 2. The third-order valence-corrected chi connectivity index (χ3v) is 2.49. The molecule has 6 heteroatoms. The van der Waals surface area contributed by atoms with Crippen LogP contribution in [0.5, 0.6) is 0 Å². The number of hydrogen-bond acceptors (Lipinski definition) is 1. The summed E-state index contributed by atoms with van der Waals surface area (Å²) in [6.45, 7) is -0.258. The fourth-order valence-electron chi connectivity index (χ4n) is 1.53. The molecule has 0 unspecified atom stereocenters. The molecule has 0 spiro atoms. The summed E-state index contributed by atoms with van der Waals surface area (Å²) in [7, 11) is 0. The molecule has 0 radical (unpaired) electrons. The molecule has 0 aromatic heterocycles. The molecule has 0 amide bonds. The summed E-state index contributed by atoms with van der Waals surface area (Å²) in [5, 5.41) is 2.38. The van der Waals surface area contributed by atoms with Crippen LogP contribution in [0.15, 0.2) is 30.3 Å². The van der Waals surface area contributed by atoms with Crippen molar-refractivity contribution in [3.05, 3.63) is 65.0 Å². The average molecular weight is 273 g/mol. The van der Waals surface area contributed by atoms with E-state index in [2.05, 4.69) is 5.32 Å². The van der Waals surface area contributed by atoms with Crippen molar-refractivity contribution in [3.63, 3.8) is 0 Å². The molecule has 19 heavy (non-hydrogen) atoms. The predicted molar refractivity (Wildman–Crippen MR) is 60.0 cm³/mol. The van der Waals surface area contributed by atoms with Gasteiger partial charge in [0, 0.05) is 24.2 Å². The highest BCUT2D eigenvalue weighted by atomic mass is 19.2. The Morgan fingerprint density at radius 3 is 2.16 bits per heavy atom. The predicted octanol–water partition coefficient (Wildman–Crippen LogP) is 3.99. The number of rotatable bonds is 3. The van der Waals surface area contributed by atoms with Crippen LogP contribution in [0.4, 0.5) is 27.6 Å². The second-order valence-corrected chi connectivity index (χ2v) is 3.84. The molecule has 0 heterocycles. The van der Waals surface area contributed by atoms with E-state index in [-0.39, 0.29) is 17.8 Å². The van der Waals surface area contributed by atoms with E-state index in [1.54, 1.807) is 0 Å². The highest BCUT2D eigenvalue weighted by molar-refractivity contribution is 5.45. The van der Waals surface area contributed by atoms with Gasteiger partial charge in [-0.05, 0) is 18.2 Å². The van der Waals surface area contributed by atoms with Crippen molar-refractivity contribution in [1.82, 2.24) is 0 Å². The van der Waals surface area contributed by atoms with E-state index in [0.717, 1.165) is 18.2 Å². The van der Waals surface area contributed by atoms with Crippen molar-refractivity contribution >= 4 is 5.69 Å². The van der Waals surface area contributed by atoms with E-state index >= 15 is 0 Å². The molecule has 0 bridgehead atoms. The smallest absolute Gasteiger partial charge is 0.161 e. The first kappa shape index (κ1) is 13.3. The van der Waals surface area contributed by atoms with Crippen molar-refractivity contribution in [2.45, 2.75) is 6.54 Å². The zero-order valence-corrected chi connectivity index (χ0v) is 9.48. The molecule has 0 saturated carbocycles. The van der Waals surface area contributed by atoms with Crippen LogP contribution in [0.1, 0.15) is 5.56 Å². The van der Waals surface area contributed by atoms with Crippen LogP contribution in [0.2, 0.25) is 0 Å². The average Bonchev–Trinajstić information content (AvgIpc) is 2.36. The van der Waals surface area contributed by atoms with Gasteiger partial charge in [-0.1, -0.05) is 0 Å². The van der Waals surface area contributed by atoms with Gasteiger partial charge in [-0.3, -0.25) is 0 Å². The Kier molecular flexibility index (Phi) is 3.69. The van der Waals surface area contributed by atoms with Crippen molar-refractivity contribution in [1.29, 1.82) is 0 Å². The molecule has 2 rings (SSSR count). The molecule has 0 aliphatic heterocycles. The van der Waals surface area contributed by atoms with E-state index in [0.29, 0.717) is 12.1 Å². The molecular formula is C13H8F5N. The van der Waals surface area contributed by atoms with Gasteiger partial charge >= 0.3 is 0 Å². The summed E-state index contributed by atoms with van der Waals surface area (Å²) in [5.74, 6) is -4.90. The number of hydrogen-bond donors (Lipinski definition) is 1. The lowest BCUT2D eigenvalue weighted by atomic mass is 10.2. The molecule has 2 aromatic rings. The van der Waals surface area contributed by atoms with Crippen molar-refractivity contribution in [2.24, 2.45) is 0 Å². The normalized spacial score (nSPS) is 10.6. The zero-order valence-electron chi connectivity index (χ0n) is 9.48. The Morgan fingerprint density at radius 1 is 0.737 bits per heavy atom. The maximum Gasteiger partial charge on any atom is 0.161 e. The summed E-state index contributed by atoms with van der Waals surface area (Å²) in [4.78, 5) is 0. The molecule has 0 aliphatic carbocycles. The summed E-state index contributed by atoms with van der Waals surface area (Å²) in [6, 6.07) is 3.78. The first-order chi connectivity index (χ1) is 8.97. The topological polar surface area (TPSA) is 12.0 Å². The summed E-state index contributed by atoms with van der Waals surface area (Å²) in [6.07, 6.45) is 0. The molecule has 0 atom stereocenters. The van der Waals surface area contributed by atoms with Gasteiger partial charge in [0.1, 0.15) is 17.5 Å². The third-order valence-electron chi connectivity index (χ3n) is 2.49. The van der Waals surface area contributed by atoms with E-state index < -0.39 is 29.1 Å². The standard InChI is InChI=1S/C13H8F5N/c14-8-1-2-9(15)7(3-8)6-19-13-5-11(17)10(16)4-12(13)18/h1-5,19H,6H2. The fraction of sp³-hybridized carbons (Fsp3) is 0.0769. The minimum Gasteiger partial charge on any atom is -0.378 e. The summed E-state index contributed by atoms with van der Waals surface area (Å²) >= 11 is 0. The molecule has 100 valence electrons. The van der Waals surface area contributed by atoms with Crippen molar-refractivity contribution in [3.8, 4) is 0 Å². The lowest BCUT2D eigenvalue weighted by molar-refractivity contribution is 0.496. The maximum atomic E-state index is 13.3. The summed E-state index contributed by atoms with van der Waals surface area (Å²) < 4.78 is 65.0. The van der Waals surface area contributed by atoms with Gasteiger partial charge in [0.2, 0.25) is 0 Å². The van der Waals surface area contributed by atoms with E-state index in [4.69, 9.17) is 0 Å². The van der Waals surface area contributed by atoms with Crippen LogP contribution in [0.3, 0.4) is 0 Å². The first-order valence-electron chi connectivity index (χ1n) is 5.29. The minimum absolute atomic E-state index is 0.0517. The Hall–Kier alpha value is -2.11. The van der Waals surface area contributed by atoms with Crippen LogP contribution in [-0.2, 0) is 6.54 Å². The van der Waals surface area contributed by atoms with Gasteiger partial charge < -0.3 is 5.32 Å². The molecular weight excluding hydrogens is 265 g/mol. The Bertz CT molecular complexity index is 612. The SMILES string of the molecule is Fc1ccc(F)c(CNc2cc(F)c(F)cc2F)c1. The molecule has 1 nitrogen and oxygen atoms in total. The Balaban J connectivity index is 2.19. The number of nitrogens with one attached hydrogen (secondary N) is 1. The number of halogens is 5. The third kappa shape index (κ3) is 3.01. The minimum atomic E-state index is -1.32. The van der Waals surface area contributed by atoms with E-state index in [1.165, 1.54) is 0 Å². The molecule has 0 aliphatic rings. The highest BCUT2D eigenvalue weighted by Gasteiger charge is 2.10. The van der Waals surface area contributed by atoms with E-state index in [9.17, 15) is 22.0 Å². The second-order valence-electron chi connectivity index (χ2n) is 3.84. The Labute approximate surface area is 105 Å². The second kappa shape index (κ2) is 5.26. The molecule has 0 fully saturated rings. The van der Waals surface area contributed by atoms with Gasteiger partial charge in [-0.2, -0.15) is 0 Å². The van der Waals surface area contributed by atoms with Crippen LogP contribution >= 0.6 is 0 Å². The van der Waals surface area contributed by atoms with Crippen molar-refractivity contribution in [2.75, 3.05) is 5.32 Å². The quantitative estimate of drug-likeness (QED) is 0.658. The molecule has 0 saturated heterocycles. The largest absolute Gasteiger partial charge is 0.378 e. The zero-order chi connectivity index (χ0) is 14.0. The van der Waals surface area contributed by atoms with E-state index in [1.807, 2.05) is 0 Å². The number of anilines is 1. The molecule has 1 N–H and O–H groups in total. The maximum absolute atomic E-state index is 13.3.